The molecule has 0 spiro atoms. The number of amides is 1. The number of carbonyl (C=O) groups is 1. The summed E-state index contributed by atoms with van der Waals surface area (Å²) in [5, 5.41) is 4.97. The number of hydrogen-bond donors (Lipinski definition) is 2. The first-order valence-electron chi connectivity index (χ1n) is 9.79. The second-order valence-corrected chi connectivity index (χ2v) is 7.72. The van der Waals surface area contributed by atoms with Gasteiger partial charge in [-0.1, -0.05) is 23.7 Å². The van der Waals surface area contributed by atoms with Crippen molar-refractivity contribution in [2.75, 3.05) is 7.11 Å². The van der Waals surface area contributed by atoms with E-state index in [0.717, 1.165) is 21.8 Å². The number of pyridine rings is 1. The smallest absolute Gasteiger partial charge is 0.414 e. The Morgan fingerprint density at radius 2 is 2.00 bits per heavy atom. The summed E-state index contributed by atoms with van der Waals surface area (Å²) in [5.41, 5.74) is 2.36. The molecular formula is C23H22ClN3O4. The Bertz CT molecular complexity index is 1250. The maximum atomic E-state index is 12.2. The summed E-state index contributed by atoms with van der Waals surface area (Å²) >= 11 is 6.23. The van der Waals surface area contributed by atoms with E-state index in [1.165, 1.54) is 0 Å². The zero-order chi connectivity index (χ0) is 22.0. The molecule has 4 aromatic rings. The molecule has 4 rings (SSSR count). The highest BCUT2D eigenvalue weighted by Gasteiger charge is 2.19. The van der Waals surface area contributed by atoms with Gasteiger partial charge < -0.3 is 24.5 Å². The molecule has 0 fully saturated rings. The summed E-state index contributed by atoms with van der Waals surface area (Å²) < 4.78 is 16.8. The van der Waals surface area contributed by atoms with E-state index in [9.17, 15) is 4.79 Å². The van der Waals surface area contributed by atoms with Gasteiger partial charge in [0.05, 0.1) is 28.9 Å². The molecule has 1 amide bonds. The van der Waals surface area contributed by atoms with Crippen molar-refractivity contribution in [3.63, 3.8) is 0 Å². The number of methoxy groups -OCH3 is 1. The number of H-pyrrole nitrogens is 1. The normalized spacial score (nSPS) is 11.3. The third-order valence-electron chi connectivity index (χ3n) is 4.62. The standard InChI is InChI=1S/C23H22ClN3O4/c1-13(2)26-23(28)31-22-16(12-29-3)21-15-10-14(30-20-7-5-4-6-17(20)24)8-9-18(15)27-19(21)11-25-22/h4-11,13,27H,12H2,1-3H3,(H,26,28). The number of fused-ring (bicyclic) bond motifs is 3. The molecule has 0 saturated carbocycles. The van der Waals surface area contributed by atoms with Gasteiger partial charge in [0, 0.05) is 29.4 Å². The zero-order valence-electron chi connectivity index (χ0n) is 17.4. The largest absolute Gasteiger partial charge is 0.456 e. The van der Waals surface area contributed by atoms with Crippen LogP contribution in [0.25, 0.3) is 21.8 Å². The molecule has 7 nitrogen and oxygen atoms in total. The minimum absolute atomic E-state index is 0.0558. The zero-order valence-corrected chi connectivity index (χ0v) is 18.1. The fourth-order valence-electron chi connectivity index (χ4n) is 3.36. The Labute approximate surface area is 184 Å². The van der Waals surface area contributed by atoms with Crippen LogP contribution < -0.4 is 14.8 Å². The maximum absolute atomic E-state index is 12.2. The first-order chi connectivity index (χ1) is 15.0. The van der Waals surface area contributed by atoms with Gasteiger partial charge in [-0.25, -0.2) is 9.78 Å². The number of carbonyl (C=O) groups excluding carboxylic acids is 1. The van der Waals surface area contributed by atoms with Crippen LogP contribution in [-0.4, -0.2) is 29.2 Å². The minimum Gasteiger partial charge on any atom is -0.456 e. The van der Waals surface area contributed by atoms with Crippen LogP contribution in [0.3, 0.4) is 0 Å². The minimum atomic E-state index is -0.568. The van der Waals surface area contributed by atoms with Crippen molar-refractivity contribution in [3.8, 4) is 17.4 Å². The van der Waals surface area contributed by atoms with E-state index in [1.807, 2.05) is 44.2 Å². The van der Waals surface area contributed by atoms with Crippen molar-refractivity contribution >= 4 is 39.5 Å². The fraction of sp³-hybridized carbons (Fsp3) is 0.217. The van der Waals surface area contributed by atoms with Crippen LogP contribution in [0, 0.1) is 0 Å². The lowest BCUT2D eigenvalue weighted by Gasteiger charge is -2.12. The number of aromatic amines is 1. The van der Waals surface area contributed by atoms with Crippen LogP contribution >= 0.6 is 11.6 Å². The van der Waals surface area contributed by atoms with E-state index < -0.39 is 6.09 Å². The number of rotatable bonds is 6. The molecular weight excluding hydrogens is 418 g/mol. The van der Waals surface area contributed by atoms with E-state index >= 15 is 0 Å². The number of para-hydroxylation sites is 1. The van der Waals surface area contributed by atoms with Crippen molar-refractivity contribution in [1.82, 2.24) is 15.3 Å². The lowest BCUT2D eigenvalue weighted by atomic mass is 10.1. The molecule has 2 aromatic carbocycles. The molecule has 31 heavy (non-hydrogen) atoms. The highest BCUT2D eigenvalue weighted by molar-refractivity contribution is 6.32. The fourth-order valence-corrected chi connectivity index (χ4v) is 3.53. The molecule has 0 unspecified atom stereocenters. The molecule has 160 valence electrons. The molecule has 2 N–H and O–H groups in total. The number of aromatic nitrogens is 2. The Balaban J connectivity index is 1.80. The number of nitrogens with one attached hydrogen (secondary N) is 2. The summed E-state index contributed by atoms with van der Waals surface area (Å²) in [6.07, 6.45) is 1.07. The summed E-state index contributed by atoms with van der Waals surface area (Å²) in [6, 6.07) is 12.9. The van der Waals surface area contributed by atoms with Gasteiger partial charge >= 0.3 is 6.09 Å². The molecule has 8 heteroatoms. The molecule has 2 aromatic heterocycles. The van der Waals surface area contributed by atoms with Gasteiger partial charge in [-0.15, -0.1) is 0 Å². The Morgan fingerprint density at radius 3 is 2.74 bits per heavy atom. The van der Waals surface area contributed by atoms with Crippen LogP contribution in [0.4, 0.5) is 4.79 Å². The van der Waals surface area contributed by atoms with Crippen molar-refractivity contribution in [2.24, 2.45) is 0 Å². The van der Waals surface area contributed by atoms with Gasteiger partial charge in [0.1, 0.15) is 11.5 Å². The highest BCUT2D eigenvalue weighted by Crippen LogP contribution is 2.36. The third kappa shape index (κ3) is 4.42. The first-order valence-corrected chi connectivity index (χ1v) is 10.2. The van der Waals surface area contributed by atoms with Crippen LogP contribution in [0.1, 0.15) is 19.4 Å². The number of nitrogens with zero attached hydrogens (tertiary/aromatic N) is 1. The van der Waals surface area contributed by atoms with E-state index in [4.69, 9.17) is 25.8 Å². The first kappa shape index (κ1) is 21.0. The number of ether oxygens (including phenoxy) is 3. The Kier molecular flexibility index (Phi) is 5.97. The molecule has 0 atom stereocenters. The monoisotopic (exact) mass is 439 g/mol. The SMILES string of the molecule is COCc1c(OC(=O)NC(C)C)ncc2[nH]c3ccc(Oc4ccccc4Cl)cc3c12. The second kappa shape index (κ2) is 8.83. The van der Waals surface area contributed by atoms with Gasteiger partial charge in [0.2, 0.25) is 5.88 Å². The number of hydrogen-bond acceptors (Lipinski definition) is 5. The van der Waals surface area contributed by atoms with E-state index in [1.54, 1.807) is 25.4 Å². The molecule has 0 aliphatic heterocycles. The van der Waals surface area contributed by atoms with Crippen LogP contribution in [-0.2, 0) is 11.3 Å². The van der Waals surface area contributed by atoms with Gasteiger partial charge in [0.25, 0.3) is 0 Å². The van der Waals surface area contributed by atoms with Crippen LogP contribution in [0.5, 0.6) is 17.4 Å². The van der Waals surface area contributed by atoms with E-state index in [-0.39, 0.29) is 18.5 Å². The van der Waals surface area contributed by atoms with Crippen molar-refractivity contribution < 1.29 is 19.0 Å². The maximum Gasteiger partial charge on any atom is 0.414 e. The summed E-state index contributed by atoms with van der Waals surface area (Å²) in [7, 11) is 1.58. The van der Waals surface area contributed by atoms with E-state index in [2.05, 4.69) is 15.3 Å². The summed E-state index contributed by atoms with van der Waals surface area (Å²) in [4.78, 5) is 19.8. The lowest BCUT2D eigenvalue weighted by molar-refractivity contribution is 0.176. The van der Waals surface area contributed by atoms with Gasteiger partial charge in [0.15, 0.2) is 0 Å². The highest BCUT2D eigenvalue weighted by atomic mass is 35.5. The van der Waals surface area contributed by atoms with E-state index in [0.29, 0.717) is 22.1 Å². The predicted octanol–water partition coefficient (Wildman–Crippen LogP) is 5.81. The molecule has 2 heterocycles. The molecule has 0 saturated heterocycles. The Morgan fingerprint density at radius 1 is 1.19 bits per heavy atom. The third-order valence-corrected chi connectivity index (χ3v) is 4.93. The van der Waals surface area contributed by atoms with Crippen LogP contribution in [0.2, 0.25) is 5.02 Å². The summed E-state index contributed by atoms with van der Waals surface area (Å²) in [5.74, 6) is 1.39. The van der Waals surface area contributed by atoms with Crippen LogP contribution in [0.15, 0.2) is 48.7 Å². The number of halogens is 1. The van der Waals surface area contributed by atoms with Gasteiger partial charge in [-0.2, -0.15) is 0 Å². The van der Waals surface area contributed by atoms with Crippen molar-refractivity contribution in [3.05, 3.63) is 59.2 Å². The molecule has 0 aliphatic carbocycles. The quantitative estimate of drug-likeness (QED) is 0.396. The van der Waals surface area contributed by atoms with Crippen molar-refractivity contribution in [2.45, 2.75) is 26.5 Å². The number of benzene rings is 2. The predicted molar refractivity (Wildman–Crippen MR) is 120 cm³/mol. The van der Waals surface area contributed by atoms with Gasteiger partial charge in [-0.3, -0.25) is 0 Å². The average molecular weight is 440 g/mol. The lowest BCUT2D eigenvalue weighted by Crippen LogP contribution is -2.33. The van der Waals surface area contributed by atoms with Crippen molar-refractivity contribution in [1.29, 1.82) is 0 Å². The summed E-state index contributed by atoms with van der Waals surface area (Å²) in [6.45, 7) is 3.93. The topological polar surface area (TPSA) is 85.5 Å². The Hall–Kier alpha value is -3.29. The molecule has 0 aliphatic rings. The molecule has 0 bridgehead atoms. The van der Waals surface area contributed by atoms with Gasteiger partial charge in [-0.05, 0) is 44.2 Å². The molecule has 0 radical (unpaired) electrons. The average Bonchev–Trinajstić information content (AvgIpc) is 3.09. The second-order valence-electron chi connectivity index (χ2n) is 7.32.